The molecule has 2 heterocycles. The average Bonchev–Trinajstić information content (AvgIpc) is 3.25. The molecular formula is C21H21N5O3S2. The molecule has 0 saturated carbocycles. The van der Waals surface area contributed by atoms with Gasteiger partial charge in [-0.1, -0.05) is 18.2 Å². The molecule has 3 rings (SSSR count). The van der Waals surface area contributed by atoms with Crippen LogP contribution in [-0.2, 0) is 14.6 Å². The first kappa shape index (κ1) is 22.4. The van der Waals surface area contributed by atoms with Gasteiger partial charge in [-0.25, -0.2) is 8.42 Å². The van der Waals surface area contributed by atoms with Gasteiger partial charge in [0.1, 0.15) is 11.6 Å². The molecule has 0 atom stereocenters. The molecule has 10 heteroatoms. The maximum Gasteiger partial charge on any atom is 0.268 e. The van der Waals surface area contributed by atoms with Gasteiger partial charge in [0, 0.05) is 29.2 Å². The van der Waals surface area contributed by atoms with Crippen LogP contribution in [0.25, 0.3) is 11.8 Å². The molecule has 0 aliphatic heterocycles. The minimum Gasteiger partial charge on any atom is -0.317 e. The highest BCUT2D eigenvalue weighted by atomic mass is 32.2. The molecule has 3 aromatic rings. The van der Waals surface area contributed by atoms with Gasteiger partial charge in [0.2, 0.25) is 15.0 Å². The molecule has 0 radical (unpaired) electrons. The molecule has 0 aliphatic rings. The van der Waals surface area contributed by atoms with Gasteiger partial charge in [-0.05, 0) is 56.5 Å². The first-order valence-corrected chi connectivity index (χ1v) is 11.9. The Morgan fingerprint density at radius 3 is 2.42 bits per heavy atom. The minimum absolute atomic E-state index is 0.00702. The number of nitriles is 1. The van der Waals surface area contributed by atoms with Crippen molar-refractivity contribution in [2.75, 3.05) is 11.6 Å². The second-order valence-corrected chi connectivity index (χ2v) is 9.84. The van der Waals surface area contributed by atoms with E-state index in [0.717, 1.165) is 51.6 Å². The van der Waals surface area contributed by atoms with Crippen LogP contribution in [0.1, 0.15) is 28.1 Å². The zero-order chi connectivity index (χ0) is 22.9. The predicted octanol–water partition coefficient (Wildman–Crippen LogP) is 3.51. The average molecular weight is 456 g/mol. The molecule has 0 saturated heterocycles. The lowest BCUT2D eigenvalue weighted by molar-refractivity contribution is -0.112. The van der Waals surface area contributed by atoms with E-state index in [1.165, 1.54) is 6.08 Å². The summed E-state index contributed by atoms with van der Waals surface area (Å²) in [6.45, 7) is 7.98. The molecule has 2 aromatic heterocycles. The summed E-state index contributed by atoms with van der Waals surface area (Å²) in [5, 5.41) is 11.6. The fourth-order valence-corrected chi connectivity index (χ4v) is 4.76. The van der Waals surface area contributed by atoms with Crippen LogP contribution in [0.2, 0.25) is 0 Å². The van der Waals surface area contributed by atoms with Gasteiger partial charge < -0.3 is 4.57 Å². The lowest BCUT2D eigenvalue weighted by Gasteiger charge is -2.15. The Morgan fingerprint density at radius 1 is 1.23 bits per heavy atom. The zero-order valence-electron chi connectivity index (χ0n) is 17.7. The van der Waals surface area contributed by atoms with Crippen LogP contribution >= 0.6 is 11.5 Å². The van der Waals surface area contributed by atoms with Crippen molar-refractivity contribution in [3.8, 4) is 11.8 Å². The maximum atomic E-state index is 12.6. The van der Waals surface area contributed by atoms with Crippen LogP contribution in [0.5, 0.6) is 0 Å². The van der Waals surface area contributed by atoms with Crippen LogP contribution < -0.4 is 5.32 Å². The van der Waals surface area contributed by atoms with E-state index in [9.17, 15) is 18.5 Å². The third kappa shape index (κ3) is 4.57. The van der Waals surface area contributed by atoms with Gasteiger partial charge >= 0.3 is 0 Å². The zero-order valence-corrected chi connectivity index (χ0v) is 19.3. The number of nitrogens with one attached hydrogen (secondary N) is 1. The molecule has 0 unspecified atom stereocenters. The molecule has 1 aromatic carbocycles. The highest BCUT2D eigenvalue weighted by molar-refractivity contribution is 7.90. The monoisotopic (exact) mass is 455 g/mol. The fourth-order valence-electron chi connectivity index (χ4n) is 3.32. The van der Waals surface area contributed by atoms with Crippen molar-refractivity contribution in [2.24, 2.45) is 0 Å². The lowest BCUT2D eigenvalue weighted by Crippen LogP contribution is -2.13. The summed E-state index contributed by atoms with van der Waals surface area (Å²) in [4.78, 5) is 16.4. The number of anilines is 1. The number of sulfone groups is 1. The minimum atomic E-state index is -3.58. The molecular weight excluding hydrogens is 434 g/mol. The van der Waals surface area contributed by atoms with E-state index >= 15 is 0 Å². The van der Waals surface area contributed by atoms with Gasteiger partial charge in [0.15, 0.2) is 0 Å². The SMILES string of the molecule is Cc1cccc(C)c1-n1c(C)cc(/C=C(/C#N)C(=O)Nc2nc(S(C)(=O)=O)ns2)c1C. The number of rotatable bonds is 5. The molecule has 1 N–H and O–H groups in total. The van der Waals surface area contributed by atoms with Crippen molar-refractivity contribution in [3.63, 3.8) is 0 Å². The molecule has 8 nitrogen and oxygen atoms in total. The van der Waals surface area contributed by atoms with Crippen molar-refractivity contribution < 1.29 is 13.2 Å². The van der Waals surface area contributed by atoms with E-state index in [0.29, 0.717) is 0 Å². The van der Waals surface area contributed by atoms with Gasteiger partial charge in [-0.3, -0.25) is 10.1 Å². The van der Waals surface area contributed by atoms with E-state index < -0.39 is 15.7 Å². The van der Waals surface area contributed by atoms with Crippen molar-refractivity contribution in [1.82, 2.24) is 13.9 Å². The number of hydrogen-bond donors (Lipinski definition) is 1. The van der Waals surface area contributed by atoms with Crippen molar-refractivity contribution >= 4 is 38.5 Å². The highest BCUT2D eigenvalue weighted by Crippen LogP contribution is 2.27. The Morgan fingerprint density at radius 2 is 1.87 bits per heavy atom. The smallest absolute Gasteiger partial charge is 0.268 e. The third-order valence-electron chi connectivity index (χ3n) is 4.76. The Bertz CT molecular complexity index is 1340. The summed E-state index contributed by atoms with van der Waals surface area (Å²) < 4.78 is 28.8. The molecule has 0 fully saturated rings. The Labute approximate surface area is 185 Å². The van der Waals surface area contributed by atoms with E-state index in [1.807, 2.05) is 58.0 Å². The molecule has 1 amide bonds. The van der Waals surface area contributed by atoms with Crippen LogP contribution in [0.4, 0.5) is 5.13 Å². The summed E-state index contributed by atoms with van der Waals surface area (Å²) in [7, 11) is -3.58. The van der Waals surface area contributed by atoms with Crippen LogP contribution in [-0.4, -0.2) is 34.5 Å². The number of para-hydroxylation sites is 1. The number of hydrogen-bond acceptors (Lipinski definition) is 7. The first-order chi connectivity index (χ1) is 14.5. The normalized spacial score (nSPS) is 11.9. The van der Waals surface area contributed by atoms with E-state index in [1.54, 1.807) is 0 Å². The molecule has 160 valence electrons. The van der Waals surface area contributed by atoms with E-state index in [4.69, 9.17) is 0 Å². The van der Waals surface area contributed by atoms with Crippen molar-refractivity contribution in [3.05, 3.63) is 57.9 Å². The fraction of sp³-hybridized carbons (Fsp3) is 0.238. The first-order valence-electron chi connectivity index (χ1n) is 9.25. The second-order valence-electron chi connectivity index (χ2n) is 7.18. The van der Waals surface area contributed by atoms with Crippen LogP contribution in [0.3, 0.4) is 0 Å². The van der Waals surface area contributed by atoms with E-state index in [2.05, 4.69) is 19.2 Å². The molecule has 0 spiro atoms. The summed E-state index contributed by atoms with van der Waals surface area (Å²) in [5.41, 5.74) is 5.79. The van der Waals surface area contributed by atoms with Crippen molar-refractivity contribution in [2.45, 2.75) is 32.9 Å². The number of aryl methyl sites for hydroxylation is 3. The largest absolute Gasteiger partial charge is 0.317 e. The summed E-state index contributed by atoms with van der Waals surface area (Å²) in [6, 6.07) is 9.90. The molecule has 0 bridgehead atoms. The van der Waals surface area contributed by atoms with E-state index in [-0.39, 0.29) is 15.9 Å². The summed E-state index contributed by atoms with van der Waals surface area (Å²) in [5.74, 6) is -0.685. The number of carbonyl (C=O) groups excluding carboxylic acids is 1. The third-order valence-corrected chi connectivity index (χ3v) is 6.35. The standard InChI is InChI=1S/C21H21N5O3S2/c1-12-7-6-8-13(2)18(12)26-14(3)9-16(15(26)4)10-17(11-22)19(27)23-20-24-21(25-30-20)31(5,28)29/h6-10H,1-5H3,(H,23,24,25,27)/b17-10-. The van der Waals surface area contributed by atoms with Gasteiger partial charge in [-0.2, -0.15) is 14.6 Å². The Balaban J connectivity index is 1.96. The van der Waals surface area contributed by atoms with Gasteiger partial charge in [0.05, 0.1) is 5.69 Å². The van der Waals surface area contributed by atoms with Gasteiger partial charge in [0.25, 0.3) is 11.1 Å². The second kappa shape index (κ2) is 8.45. The molecule has 0 aliphatic carbocycles. The van der Waals surface area contributed by atoms with Gasteiger partial charge in [-0.15, -0.1) is 0 Å². The topological polar surface area (TPSA) is 118 Å². The number of amides is 1. The Hall–Kier alpha value is -3.29. The predicted molar refractivity (Wildman–Crippen MR) is 120 cm³/mol. The number of aromatic nitrogens is 3. The lowest BCUT2D eigenvalue weighted by atomic mass is 10.1. The number of carbonyl (C=O) groups is 1. The Kier molecular flexibility index (Phi) is 6.10. The quantitative estimate of drug-likeness (QED) is 0.465. The van der Waals surface area contributed by atoms with Crippen LogP contribution in [0.15, 0.2) is 35.0 Å². The molecule has 31 heavy (non-hydrogen) atoms. The van der Waals surface area contributed by atoms with Crippen molar-refractivity contribution in [1.29, 1.82) is 5.26 Å². The maximum absolute atomic E-state index is 12.6. The number of nitrogens with zero attached hydrogens (tertiary/aromatic N) is 4. The summed E-state index contributed by atoms with van der Waals surface area (Å²) >= 11 is 0.736. The number of benzene rings is 1. The highest BCUT2D eigenvalue weighted by Gasteiger charge is 2.19. The summed E-state index contributed by atoms with van der Waals surface area (Å²) in [6.07, 6.45) is 2.49. The van der Waals surface area contributed by atoms with Crippen LogP contribution in [0, 0.1) is 39.0 Å².